The van der Waals surface area contributed by atoms with Crippen molar-refractivity contribution in [1.29, 1.82) is 0 Å². The molecule has 1 fully saturated rings. The van der Waals surface area contributed by atoms with Crippen LogP contribution in [-0.2, 0) is 16.6 Å². The molecule has 3 N–H and O–H groups in total. The molecule has 1 saturated carbocycles. The fourth-order valence-corrected chi connectivity index (χ4v) is 3.59. The van der Waals surface area contributed by atoms with Gasteiger partial charge in [0.15, 0.2) is 0 Å². The number of nitrogen functional groups attached to an aromatic ring is 1. The SMILES string of the molecule is Cl.Nc1ccc(CCNC(=O)C2(c3cccc(F)c3)CCCC2)cc1. The zero-order valence-electron chi connectivity index (χ0n) is 14.1. The maximum absolute atomic E-state index is 13.6. The summed E-state index contributed by atoms with van der Waals surface area (Å²) in [7, 11) is 0. The van der Waals surface area contributed by atoms with E-state index in [4.69, 9.17) is 5.73 Å². The maximum Gasteiger partial charge on any atom is 0.230 e. The maximum atomic E-state index is 13.6. The molecular formula is C20H24ClFN2O. The minimum absolute atomic E-state index is 0. The summed E-state index contributed by atoms with van der Waals surface area (Å²) >= 11 is 0. The third-order valence-electron chi connectivity index (χ3n) is 4.95. The lowest BCUT2D eigenvalue weighted by atomic mass is 9.78. The summed E-state index contributed by atoms with van der Waals surface area (Å²) in [5.41, 5.74) is 7.77. The molecule has 0 saturated heterocycles. The van der Waals surface area contributed by atoms with Crippen LogP contribution in [0.3, 0.4) is 0 Å². The van der Waals surface area contributed by atoms with Crippen LogP contribution in [0.4, 0.5) is 10.1 Å². The quantitative estimate of drug-likeness (QED) is 0.790. The van der Waals surface area contributed by atoms with E-state index in [0.29, 0.717) is 6.54 Å². The average Bonchev–Trinajstić information content (AvgIpc) is 3.08. The van der Waals surface area contributed by atoms with Gasteiger partial charge in [0.25, 0.3) is 0 Å². The third kappa shape index (κ3) is 4.31. The second-order valence-corrected chi connectivity index (χ2v) is 6.55. The van der Waals surface area contributed by atoms with Crippen LogP contribution in [0.25, 0.3) is 0 Å². The summed E-state index contributed by atoms with van der Waals surface area (Å²) in [5, 5.41) is 3.05. The Balaban J connectivity index is 0.00000225. The van der Waals surface area contributed by atoms with Gasteiger partial charge in [0, 0.05) is 12.2 Å². The molecule has 3 rings (SSSR count). The molecule has 25 heavy (non-hydrogen) atoms. The van der Waals surface area contributed by atoms with Crippen LogP contribution in [-0.4, -0.2) is 12.5 Å². The Morgan fingerprint density at radius 2 is 1.80 bits per heavy atom. The first-order valence-corrected chi connectivity index (χ1v) is 8.49. The van der Waals surface area contributed by atoms with E-state index in [0.717, 1.165) is 48.9 Å². The summed E-state index contributed by atoms with van der Waals surface area (Å²) in [6.07, 6.45) is 4.32. The Bertz CT molecular complexity index is 712. The fourth-order valence-electron chi connectivity index (χ4n) is 3.59. The standard InChI is InChI=1S/C20H23FN2O.ClH/c21-17-5-3-4-16(14-17)20(11-1-2-12-20)19(24)23-13-10-15-6-8-18(22)9-7-15;/h3-9,14H,1-2,10-13,22H2,(H,23,24);1H. The average molecular weight is 363 g/mol. The van der Waals surface area contributed by atoms with Gasteiger partial charge in [-0.05, 0) is 54.7 Å². The van der Waals surface area contributed by atoms with Crippen molar-refractivity contribution >= 4 is 24.0 Å². The van der Waals surface area contributed by atoms with E-state index in [1.54, 1.807) is 6.07 Å². The van der Waals surface area contributed by atoms with Crippen LogP contribution in [0.5, 0.6) is 0 Å². The molecule has 0 aliphatic heterocycles. The summed E-state index contributed by atoms with van der Waals surface area (Å²) in [6.45, 7) is 0.569. The molecule has 0 spiro atoms. The first-order chi connectivity index (χ1) is 11.6. The van der Waals surface area contributed by atoms with Crippen molar-refractivity contribution in [2.45, 2.75) is 37.5 Å². The monoisotopic (exact) mass is 362 g/mol. The highest BCUT2D eigenvalue weighted by atomic mass is 35.5. The van der Waals surface area contributed by atoms with Crippen molar-refractivity contribution in [1.82, 2.24) is 5.32 Å². The Kier molecular flexibility index (Phi) is 6.43. The van der Waals surface area contributed by atoms with E-state index in [9.17, 15) is 9.18 Å². The molecular weight excluding hydrogens is 339 g/mol. The van der Waals surface area contributed by atoms with E-state index < -0.39 is 5.41 Å². The lowest BCUT2D eigenvalue weighted by Crippen LogP contribution is -2.43. The molecule has 0 aromatic heterocycles. The van der Waals surface area contributed by atoms with Gasteiger partial charge in [-0.1, -0.05) is 37.1 Å². The van der Waals surface area contributed by atoms with Gasteiger partial charge in [-0.15, -0.1) is 12.4 Å². The summed E-state index contributed by atoms with van der Waals surface area (Å²) < 4.78 is 13.6. The fraction of sp³-hybridized carbons (Fsp3) is 0.350. The van der Waals surface area contributed by atoms with E-state index >= 15 is 0 Å². The number of carbonyl (C=O) groups is 1. The molecule has 0 unspecified atom stereocenters. The largest absolute Gasteiger partial charge is 0.399 e. The van der Waals surface area contributed by atoms with Gasteiger partial charge in [-0.2, -0.15) is 0 Å². The van der Waals surface area contributed by atoms with Crippen LogP contribution in [0, 0.1) is 5.82 Å². The molecule has 2 aromatic rings. The number of benzene rings is 2. The van der Waals surface area contributed by atoms with Crippen LogP contribution in [0.15, 0.2) is 48.5 Å². The zero-order chi connectivity index (χ0) is 17.0. The molecule has 0 bridgehead atoms. The van der Waals surface area contributed by atoms with Crippen molar-refractivity contribution in [3.05, 3.63) is 65.5 Å². The van der Waals surface area contributed by atoms with Crippen LogP contribution in [0.2, 0.25) is 0 Å². The predicted octanol–water partition coefficient (Wildman–Crippen LogP) is 4.00. The molecule has 134 valence electrons. The smallest absolute Gasteiger partial charge is 0.230 e. The number of nitrogens with two attached hydrogens (primary N) is 1. The number of nitrogens with one attached hydrogen (secondary N) is 1. The van der Waals surface area contributed by atoms with Crippen LogP contribution >= 0.6 is 12.4 Å². The number of rotatable bonds is 5. The predicted molar refractivity (Wildman–Crippen MR) is 101 cm³/mol. The van der Waals surface area contributed by atoms with Crippen LogP contribution in [0.1, 0.15) is 36.8 Å². The van der Waals surface area contributed by atoms with Crippen molar-refractivity contribution in [3.8, 4) is 0 Å². The zero-order valence-corrected chi connectivity index (χ0v) is 14.9. The van der Waals surface area contributed by atoms with E-state index in [2.05, 4.69) is 5.32 Å². The summed E-state index contributed by atoms with van der Waals surface area (Å²) in [5.74, 6) is -0.269. The van der Waals surface area contributed by atoms with Crippen molar-refractivity contribution in [3.63, 3.8) is 0 Å². The molecule has 1 aliphatic carbocycles. The highest BCUT2D eigenvalue weighted by Crippen LogP contribution is 2.41. The first kappa shape index (κ1) is 19.3. The summed E-state index contributed by atoms with van der Waals surface area (Å²) in [4.78, 5) is 12.9. The van der Waals surface area contributed by atoms with Gasteiger partial charge >= 0.3 is 0 Å². The minimum atomic E-state index is -0.580. The molecule has 0 radical (unpaired) electrons. The van der Waals surface area contributed by atoms with Gasteiger partial charge in [-0.25, -0.2) is 4.39 Å². The lowest BCUT2D eigenvalue weighted by Gasteiger charge is -2.28. The van der Waals surface area contributed by atoms with Gasteiger partial charge in [0.2, 0.25) is 5.91 Å². The molecule has 1 amide bonds. The normalized spacial score (nSPS) is 15.4. The number of hydrogen-bond donors (Lipinski definition) is 2. The molecule has 0 atom stereocenters. The molecule has 1 aliphatic rings. The molecule has 2 aromatic carbocycles. The number of hydrogen-bond acceptors (Lipinski definition) is 2. The topological polar surface area (TPSA) is 55.1 Å². The van der Waals surface area contributed by atoms with Crippen molar-refractivity contribution in [2.75, 3.05) is 12.3 Å². The van der Waals surface area contributed by atoms with Crippen molar-refractivity contribution < 1.29 is 9.18 Å². The van der Waals surface area contributed by atoms with E-state index in [1.165, 1.54) is 12.1 Å². The number of anilines is 1. The lowest BCUT2D eigenvalue weighted by molar-refractivity contribution is -0.126. The molecule has 0 heterocycles. The van der Waals surface area contributed by atoms with Crippen molar-refractivity contribution in [2.24, 2.45) is 0 Å². The second-order valence-electron chi connectivity index (χ2n) is 6.55. The van der Waals surface area contributed by atoms with E-state index in [1.807, 2.05) is 30.3 Å². The number of amides is 1. The Morgan fingerprint density at radius 1 is 1.12 bits per heavy atom. The van der Waals surface area contributed by atoms with Gasteiger partial charge < -0.3 is 11.1 Å². The molecule has 5 heteroatoms. The van der Waals surface area contributed by atoms with Gasteiger partial charge in [0.05, 0.1) is 5.41 Å². The number of halogens is 2. The Labute approximate surface area is 154 Å². The minimum Gasteiger partial charge on any atom is -0.399 e. The highest BCUT2D eigenvalue weighted by Gasteiger charge is 2.42. The van der Waals surface area contributed by atoms with Crippen LogP contribution < -0.4 is 11.1 Å². The highest BCUT2D eigenvalue weighted by molar-refractivity contribution is 5.88. The summed E-state index contributed by atoms with van der Waals surface area (Å²) in [6, 6.07) is 14.2. The molecule has 3 nitrogen and oxygen atoms in total. The van der Waals surface area contributed by atoms with Gasteiger partial charge in [-0.3, -0.25) is 4.79 Å². The Morgan fingerprint density at radius 3 is 2.44 bits per heavy atom. The second kappa shape index (κ2) is 8.34. The van der Waals surface area contributed by atoms with Gasteiger partial charge in [0.1, 0.15) is 5.82 Å². The van der Waals surface area contributed by atoms with E-state index in [-0.39, 0.29) is 24.1 Å². The number of carbonyl (C=O) groups excluding carboxylic acids is 1. The Hall–Kier alpha value is -2.07. The third-order valence-corrected chi connectivity index (χ3v) is 4.95. The first-order valence-electron chi connectivity index (χ1n) is 8.49.